The molecule has 0 saturated heterocycles. The van der Waals surface area contributed by atoms with Gasteiger partial charge in [0.25, 0.3) is 0 Å². The van der Waals surface area contributed by atoms with Gasteiger partial charge < -0.3 is 10.1 Å². The number of para-hydroxylation sites is 2. The highest BCUT2D eigenvalue weighted by Gasteiger charge is 2.18. The highest BCUT2D eigenvalue weighted by Crippen LogP contribution is 2.27. The van der Waals surface area contributed by atoms with Crippen LogP contribution < -0.4 is 15.0 Å². The third-order valence-electron chi connectivity index (χ3n) is 3.79. The van der Waals surface area contributed by atoms with E-state index in [1.165, 1.54) is 18.9 Å². The number of hydrogen-bond donors (Lipinski definition) is 1. The van der Waals surface area contributed by atoms with E-state index in [1.54, 1.807) is 36.4 Å². The fraction of sp³-hybridized carbons (Fsp3) is 0.263. The Morgan fingerprint density at radius 2 is 1.88 bits per heavy atom. The van der Waals surface area contributed by atoms with Crippen LogP contribution >= 0.6 is 23.2 Å². The number of halogens is 2. The molecule has 0 fully saturated rings. The third-order valence-corrected chi connectivity index (χ3v) is 4.38. The van der Waals surface area contributed by atoms with Gasteiger partial charge in [-0.05, 0) is 36.2 Å². The molecule has 0 radical (unpaired) electrons. The fourth-order valence-electron chi connectivity index (χ4n) is 2.48. The molecule has 0 aromatic heterocycles. The van der Waals surface area contributed by atoms with Crippen LogP contribution in [-0.2, 0) is 16.0 Å². The molecule has 2 aromatic rings. The summed E-state index contributed by atoms with van der Waals surface area (Å²) in [6.07, 6.45) is 0.566. The number of hydrogen-bond acceptors (Lipinski definition) is 3. The normalized spacial score (nSPS) is 10.3. The van der Waals surface area contributed by atoms with Crippen LogP contribution in [-0.4, -0.2) is 32.0 Å². The van der Waals surface area contributed by atoms with Gasteiger partial charge in [-0.1, -0.05) is 41.4 Å². The Bertz CT molecular complexity index is 796. The number of anilines is 1. The maximum absolute atomic E-state index is 12.3. The summed E-state index contributed by atoms with van der Waals surface area (Å²) in [4.78, 5) is 25.6. The van der Waals surface area contributed by atoms with E-state index in [0.717, 1.165) is 5.56 Å². The minimum atomic E-state index is -0.267. The number of benzene rings is 2. The highest BCUT2D eigenvalue weighted by atomic mass is 35.5. The van der Waals surface area contributed by atoms with E-state index in [0.29, 0.717) is 34.4 Å². The Morgan fingerprint density at radius 1 is 1.15 bits per heavy atom. The summed E-state index contributed by atoms with van der Waals surface area (Å²) >= 11 is 12.0. The van der Waals surface area contributed by atoms with Crippen molar-refractivity contribution in [2.75, 3.05) is 25.1 Å². The van der Waals surface area contributed by atoms with E-state index in [2.05, 4.69) is 5.32 Å². The molecule has 0 atom stereocenters. The van der Waals surface area contributed by atoms with E-state index in [9.17, 15) is 9.59 Å². The molecular weight excluding hydrogens is 375 g/mol. The summed E-state index contributed by atoms with van der Waals surface area (Å²) < 4.78 is 5.27. The van der Waals surface area contributed by atoms with Gasteiger partial charge in [-0.15, -0.1) is 0 Å². The molecule has 0 saturated carbocycles. The lowest BCUT2D eigenvalue weighted by Gasteiger charge is -2.22. The van der Waals surface area contributed by atoms with E-state index >= 15 is 0 Å². The monoisotopic (exact) mass is 394 g/mol. The Kier molecular flexibility index (Phi) is 7.30. The standard InChI is InChI=1S/C19H20Cl2N2O3/c1-13(24)23(17-5-3-4-6-18(17)26-2)12-19(25)22-10-9-14-7-8-15(20)11-16(14)21/h3-8,11H,9-10,12H2,1-2H3,(H,22,25). The first-order valence-electron chi connectivity index (χ1n) is 8.04. The molecule has 138 valence electrons. The van der Waals surface area contributed by atoms with E-state index in [-0.39, 0.29) is 18.4 Å². The predicted molar refractivity (Wildman–Crippen MR) is 104 cm³/mol. The second-order valence-electron chi connectivity index (χ2n) is 5.61. The van der Waals surface area contributed by atoms with Crippen molar-refractivity contribution in [1.29, 1.82) is 0 Å². The molecule has 0 spiro atoms. The summed E-state index contributed by atoms with van der Waals surface area (Å²) in [5, 5.41) is 3.93. The number of carbonyl (C=O) groups excluding carboxylic acids is 2. The zero-order valence-corrected chi connectivity index (χ0v) is 16.1. The quantitative estimate of drug-likeness (QED) is 0.778. The molecule has 0 unspecified atom stereocenters. The van der Waals surface area contributed by atoms with Crippen molar-refractivity contribution >= 4 is 40.7 Å². The summed E-state index contributed by atoms with van der Waals surface area (Å²) in [6, 6.07) is 12.3. The van der Waals surface area contributed by atoms with Crippen molar-refractivity contribution in [1.82, 2.24) is 5.32 Å². The smallest absolute Gasteiger partial charge is 0.240 e. The van der Waals surface area contributed by atoms with Crippen molar-refractivity contribution in [3.63, 3.8) is 0 Å². The van der Waals surface area contributed by atoms with E-state index < -0.39 is 0 Å². The first-order valence-corrected chi connectivity index (χ1v) is 8.79. The second kappa shape index (κ2) is 9.46. The van der Waals surface area contributed by atoms with Crippen LogP contribution in [0.5, 0.6) is 5.75 Å². The maximum atomic E-state index is 12.3. The SMILES string of the molecule is COc1ccccc1N(CC(=O)NCCc1ccc(Cl)cc1Cl)C(C)=O. The second-order valence-corrected chi connectivity index (χ2v) is 6.46. The average Bonchev–Trinajstić information content (AvgIpc) is 2.61. The van der Waals surface area contributed by atoms with E-state index in [1.807, 2.05) is 6.07 Å². The molecular formula is C19H20Cl2N2O3. The van der Waals surface area contributed by atoms with Crippen LogP contribution in [0.15, 0.2) is 42.5 Å². The largest absolute Gasteiger partial charge is 0.495 e. The Morgan fingerprint density at radius 3 is 2.54 bits per heavy atom. The van der Waals surface area contributed by atoms with Crippen LogP contribution in [0, 0.1) is 0 Å². The molecule has 26 heavy (non-hydrogen) atoms. The number of amides is 2. The molecule has 2 amide bonds. The number of methoxy groups -OCH3 is 1. The van der Waals surface area contributed by atoms with Crippen molar-refractivity contribution in [2.24, 2.45) is 0 Å². The zero-order chi connectivity index (χ0) is 19.1. The fourth-order valence-corrected chi connectivity index (χ4v) is 2.98. The number of nitrogens with one attached hydrogen (secondary N) is 1. The summed E-state index contributed by atoms with van der Waals surface area (Å²) in [5.41, 5.74) is 1.45. The summed E-state index contributed by atoms with van der Waals surface area (Å²) in [5.74, 6) is 0.0185. The van der Waals surface area contributed by atoms with Crippen molar-refractivity contribution < 1.29 is 14.3 Å². The minimum absolute atomic E-state index is 0.0932. The van der Waals surface area contributed by atoms with Gasteiger partial charge in [0.1, 0.15) is 12.3 Å². The first-order chi connectivity index (χ1) is 12.4. The number of nitrogens with zero attached hydrogens (tertiary/aromatic N) is 1. The minimum Gasteiger partial charge on any atom is -0.495 e. The van der Waals surface area contributed by atoms with Crippen molar-refractivity contribution in [2.45, 2.75) is 13.3 Å². The lowest BCUT2D eigenvalue weighted by molar-refractivity contribution is -0.123. The number of carbonyl (C=O) groups is 2. The summed E-state index contributed by atoms with van der Waals surface area (Å²) in [6.45, 7) is 1.72. The van der Waals surface area contributed by atoms with Crippen LogP contribution in [0.25, 0.3) is 0 Å². The molecule has 2 aromatic carbocycles. The molecule has 0 heterocycles. The summed E-state index contributed by atoms with van der Waals surface area (Å²) in [7, 11) is 1.52. The lowest BCUT2D eigenvalue weighted by atomic mass is 10.1. The Labute approximate surface area is 162 Å². The van der Waals surface area contributed by atoms with E-state index in [4.69, 9.17) is 27.9 Å². The predicted octanol–water partition coefficient (Wildman–Crippen LogP) is 3.71. The zero-order valence-electron chi connectivity index (χ0n) is 14.6. The van der Waals surface area contributed by atoms with Crippen LogP contribution in [0.4, 0.5) is 5.69 Å². The Balaban J connectivity index is 1.97. The molecule has 1 N–H and O–H groups in total. The average molecular weight is 395 g/mol. The van der Waals surface area contributed by atoms with Crippen LogP contribution in [0.3, 0.4) is 0 Å². The molecule has 0 aliphatic rings. The lowest BCUT2D eigenvalue weighted by Crippen LogP contribution is -2.40. The molecule has 2 rings (SSSR count). The van der Waals surface area contributed by atoms with Crippen LogP contribution in [0.2, 0.25) is 10.0 Å². The highest BCUT2D eigenvalue weighted by molar-refractivity contribution is 6.35. The molecule has 0 bridgehead atoms. The van der Waals surface area contributed by atoms with Gasteiger partial charge in [-0.3, -0.25) is 14.5 Å². The van der Waals surface area contributed by atoms with Gasteiger partial charge in [-0.2, -0.15) is 0 Å². The van der Waals surface area contributed by atoms with Gasteiger partial charge in [0, 0.05) is 23.5 Å². The first kappa shape index (κ1) is 20.1. The van der Waals surface area contributed by atoms with Gasteiger partial charge >= 0.3 is 0 Å². The van der Waals surface area contributed by atoms with Crippen LogP contribution in [0.1, 0.15) is 12.5 Å². The van der Waals surface area contributed by atoms with Gasteiger partial charge in [0.2, 0.25) is 11.8 Å². The molecule has 5 nitrogen and oxygen atoms in total. The third kappa shape index (κ3) is 5.38. The Hall–Kier alpha value is -2.24. The molecule has 0 aliphatic carbocycles. The molecule has 7 heteroatoms. The van der Waals surface area contributed by atoms with Crippen molar-refractivity contribution in [3.05, 3.63) is 58.1 Å². The van der Waals surface area contributed by atoms with Crippen molar-refractivity contribution in [3.8, 4) is 5.75 Å². The van der Waals surface area contributed by atoms with Gasteiger partial charge in [0.15, 0.2) is 0 Å². The topological polar surface area (TPSA) is 58.6 Å². The van der Waals surface area contributed by atoms with Gasteiger partial charge in [0.05, 0.1) is 12.8 Å². The van der Waals surface area contributed by atoms with Gasteiger partial charge in [-0.25, -0.2) is 0 Å². The number of ether oxygens (including phenoxy) is 1. The number of rotatable bonds is 7. The maximum Gasteiger partial charge on any atom is 0.240 e. The molecule has 0 aliphatic heterocycles.